The van der Waals surface area contributed by atoms with Crippen molar-refractivity contribution in [2.45, 2.75) is 0 Å². The summed E-state index contributed by atoms with van der Waals surface area (Å²) in [7, 11) is 3.01. The van der Waals surface area contributed by atoms with Crippen molar-refractivity contribution in [2.75, 3.05) is 0 Å². The van der Waals surface area contributed by atoms with E-state index in [2.05, 4.69) is 9.97 Å². The first kappa shape index (κ1) is 7.78. The van der Waals surface area contributed by atoms with Gasteiger partial charge < -0.3 is 4.98 Å². The average molecular weight is 182 g/mol. The molecular weight excluding hydrogens is 172 g/mol. The van der Waals surface area contributed by atoms with Crippen LogP contribution in [0, 0.1) is 0 Å². The van der Waals surface area contributed by atoms with Crippen LogP contribution in [-0.4, -0.2) is 19.1 Å². The molecule has 0 saturated carbocycles. The Labute approximate surface area is 73.9 Å². The van der Waals surface area contributed by atoms with Gasteiger partial charge in [-0.3, -0.25) is 13.9 Å². The highest BCUT2D eigenvalue weighted by molar-refractivity contribution is 5.68. The minimum absolute atomic E-state index is 0. The quantitative estimate of drug-likeness (QED) is 0.580. The maximum atomic E-state index is 11.4. The molecule has 0 aromatic carbocycles. The van der Waals surface area contributed by atoms with E-state index in [0.717, 1.165) is 4.57 Å². The van der Waals surface area contributed by atoms with Crippen LogP contribution in [0.3, 0.4) is 0 Å². The van der Waals surface area contributed by atoms with Crippen LogP contribution in [0.5, 0.6) is 0 Å². The topological polar surface area (TPSA) is 72.7 Å². The summed E-state index contributed by atoms with van der Waals surface area (Å²) in [4.78, 5) is 29.4. The van der Waals surface area contributed by atoms with E-state index in [1.165, 1.54) is 17.9 Å². The summed E-state index contributed by atoms with van der Waals surface area (Å²) < 4.78 is 2.37. The van der Waals surface area contributed by atoms with Crippen LogP contribution in [0.1, 0.15) is 1.43 Å². The van der Waals surface area contributed by atoms with Gasteiger partial charge >= 0.3 is 5.69 Å². The van der Waals surface area contributed by atoms with Crippen molar-refractivity contribution in [3.05, 3.63) is 27.2 Å². The van der Waals surface area contributed by atoms with Crippen molar-refractivity contribution in [1.29, 1.82) is 0 Å². The van der Waals surface area contributed by atoms with E-state index in [1.54, 1.807) is 7.05 Å². The third-order valence-corrected chi connectivity index (χ3v) is 2.03. The maximum Gasteiger partial charge on any atom is 0.332 e. The zero-order valence-electron chi connectivity index (χ0n) is 7.24. The molecule has 70 valence electrons. The molecule has 2 aromatic rings. The predicted octanol–water partition coefficient (Wildman–Crippen LogP) is -0.794. The third kappa shape index (κ3) is 0.851. The maximum absolute atomic E-state index is 11.4. The Hall–Kier alpha value is -1.85. The van der Waals surface area contributed by atoms with Gasteiger partial charge in [-0.05, 0) is 0 Å². The lowest BCUT2D eigenvalue weighted by Gasteiger charge is -2.00. The van der Waals surface area contributed by atoms with Crippen LogP contribution in [-0.2, 0) is 14.1 Å². The van der Waals surface area contributed by atoms with E-state index < -0.39 is 0 Å². The molecule has 0 amide bonds. The van der Waals surface area contributed by atoms with Crippen LogP contribution in [0.15, 0.2) is 15.9 Å². The molecule has 6 heteroatoms. The molecule has 0 aliphatic rings. The van der Waals surface area contributed by atoms with Gasteiger partial charge in [0.05, 0.1) is 6.33 Å². The van der Waals surface area contributed by atoms with Gasteiger partial charge in [0.2, 0.25) is 0 Å². The van der Waals surface area contributed by atoms with Crippen molar-refractivity contribution in [3.8, 4) is 0 Å². The minimum Gasteiger partial charge on any atom is -0.339 e. The summed E-state index contributed by atoms with van der Waals surface area (Å²) in [6, 6.07) is 0. The Morgan fingerprint density at radius 3 is 2.77 bits per heavy atom. The molecule has 1 N–H and O–H groups in total. The zero-order valence-corrected chi connectivity index (χ0v) is 7.24. The number of nitrogens with zero attached hydrogens (tertiary/aromatic N) is 3. The molecule has 2 heterocycles. The van der Waals surface area contributed by atoms with Crippen molar-refractivity contribution < 1.29 is 1.43 Å². The van der Waals surface area contributed by atoms with E-state index >= 15 is 0 Å². The molecule has 2 aromatic heterocycles. The van der Waals surface area contributed by atoms with E-state index in [0.29, 0.717) is 11.2 Å². The van der Waals surface area contributed by atoms with Crippen LogP contribution < -0.4 is 11.2 Å². The summed E-state index contributed by atoms with van der Waals surface area (Å²) in [6.07, 6.45) is 1.39. The Balaban J connectivity index is 0.000000980. The standard InChI is InChI=1S/C7H8N4O2.H2/c1-10-5-4(8-3-9-5)6(12)11(2)7(10)13;/h3H,1-2H3,(H,8,9);1H. The summed E-state index contributed by atoms with van der Waals surface area (Å²) >= 11 is 0. The first-order chi connectivity index (χ1) is 6.13. The lowest BCUT2D eigenvalue weighted by molar-refractivity contribution is 0.709. The smallest absolute Gasteiger partial charge is 0.332 e. The molecule has 0 saturated heterocycles. The van der Waals surface area contributed by atoms with Crippen LogP contribution in [0.4, 0.5) is 0 Å². The Kier molecular flexibility index (Phi) is 1.39. The zero-order chi connectivity index (χ0) is 9.59. The average Bonchev–Trinajstić information content (AvgIpc) is 2.59. The van der Waals surface area contributed by atoms with Gasteiger partial charge in [0.1, 0.15) is 5.52 Å². The lowest BCUT2D eigenvalue weighted by atomic mass is 10.5. The predicted molar refractivity (Wildman–Crippen MR) is 48.7 cm³/mol. The molecular formula is C7H10N4O2. The normalized spacial score (nSPS) is 10.9. The largest absolute Gasteiger partial charge is 0.339 e. The highest BCUT2D eigenvalue weighted by Gasteiger charge is 2.08. The van der Waals surface area contributed by atoms with Gasteiger partial charge in [-0.25, -0.2) is 9.78 Å². The number of hydrogen-bond acceptors (Lipinski definition) is 3. The monoisotopic (exact) mass is 182 g/mol. The number of fused-ring (bicyclic) bond motifs is 1. The Morgan fingerprint density at radius 1 is 1.38 bits per heavy atom. The summed E-state index contributed by atoms with van der Waals surface area (Å²) in [5, 5.41) is 0. The molecule has 0 unspecified atom stereocenters. The summed E-state index contributed by atoms with van der Waals surface area (Å²) in [5.74, 6) is 0. The van der Waals surface area contributed by atoms with E-state index in [-0.39, 0.29) is 12.7 Å². The molecule has 2 rings (SSSR count). The fraction of sp³-hybridized carbons (Fsp3) is 0.286. The van der Waals surface area contributed by atoms with Crippen molar-refractivity contribution in [1.82, 2.24) is 19.1 Å². The molecule has 0 aliphatic heterocycles. The second-order valence-electron chi connectivity index (χ2n) is 2.81. The molecule has 6 nitrogen and oxygen atoms in total. The highest BCUT2D eigenvalue weighted by atomic mass is 16.2. The molecule has 13 heavy (non-hydrogen) atoms. The number of aryl methyl sites for hydroxylation is 1. The number of H-pyrrole nitrogens is 1. The van der Waals surface area contributed by atoms with Gasteiger partial charge in [-0.1, -0.05) is 0 Å². The van der Waals surface area contributed by atoms with Gasteiger partial charge in [-0.15, -0.1) is 0 Å². The number of aromatic amines is 1. The van der Waals surface area contributed by atoms with E-state index in [9.17, 15) is 9.59 Å². The Bertz CT molecular complexity index is 579. The number of imidazole rings is 1. The second-order valence-corrected chi connectivity index (χ2v) is 2.81. The molecule has 0 spiro atoms. The first-order valence-electron chi connectivity index (χ1n) is 3.72. The fourth-order valence-corrected chi connectivity index (χ4v) is 1.27. The van der Waals surface area contributed by atoms with E-state index in [1.807, 2.05) is 0 Å². The molecule has 0 atom stereocenters. The lowest BCUT2D eigenvalue weighted by Crippen LogP contribution is -2.36. The molecule has 0 aliphatic carbocycles. The van der Waals surface area contributed by atoms with Gasteiger partial charge in [-0.2, -0.15) is 0 Å². The van der Waals surface area contributed by atoms with E-state index in [4.69, 9.17) is 0 Å². The first-order valence-corrected chi connectivity index (χ1v) is 3.72. The van der Waals surface area contributed by atoms with Crippen molar-refractivity contribution in [2.24, 2.45) is 14.1 Å². The van der Waals surface area contributed by atoms with Crippen LogP contribution in [0.2, 0.25) is 0 Å². The summed E-state index contributed by atoms with van der Waals surface area (Å²) in [6.45, 7) is 0. The molecule has 0 bridgehead atoms. The van der Waals surface area contributed by atoms with Crippen LogP contribution in [0.25, 0.3) is 11.2 Å². The number of nitrogens with one attached hydrogen (secondary N) is 1. The van der Waals surface area contributed by atoms with Gasteiger partial charge in [0.15, 0.2) is 5.65 Å². The molecule has 0 radical (unpaired) electrons. The van der Waals surface area contributed by atoms with Gasteiger partial charge in [0, 0.05) is 15.5 Å². The SMILES string of the molecule is Cn1c(=O)c2[nH]cnc2n(C)c1=O.[HH]. The number of aromatic nitrogens is 4. The summed E-state index contributed by atoms with van der Waals surface area (Å²) in [5.41, 5.74) is 0.0119. The number of hydrogen-bond donors (Lipinski definition) is 1. The third-order valence-electron chi connectivity index (χ3n) is 2.03. The highest BCUT2D eigenvalue weighted by Crippen LogP contribution is 1.97. The molecule has 0 fully saturated rings. The van der Waals surface area contributed by atoms with Gasteiger partial charge in [0.25, 0.3) is 5.56 Å². The number of rotatable bonds is 0. The second kappa shape index (κ2) is 2.32. The van der Waals surface area contributed by atoms with Crippen molar-refractivity contribution >= 4 is 11.2 Å². The Morgan fingerprint density at radius 2 is 2.08 bits per heavy atom. The fourth-order valence-electron chi connectivity index (χ4n) is 1.27. The van der Waals surface area contributed by atoms with Crippen LogP contribution >= 0.6 is 0 Å². The minimum atomic E-state index is -0.371. The van der Waals surface area contributed by atoms with Crippen molar-refractivity contribution in [3.63, 3.8) is 0 Å².